The molecule has 4 rings (SSSR count). The summed E-state index contributed by atoms with van der Waals surface area (Å²) in [5, 5.41) is 0. The summed E-state index contributed by atoms with van der Waals surface area (Å²) in [7, 11) is 1.66. The predicted molar refractivity (Wildman–Crippen MR) is 95.8 cm³/mol. The second kappa shape index (κ2) is 6.67. The number of hydrogen-bond acceptors (Lipinski definition) is 6. The van der Waals surface area contributed by atoms with E-state index in [4.69, 9.17) is 4.74 Å². The second-order valence-corrected chi connectivity index (χ2v) is 6.53. The number of rotatable bonds is 5. The number of nitrogens with zero attached hydrogens (tertiary/aromatic N) is 5. The molecule has 2 atom stereocenters. The zero-order valence-electron chi connectivity index (χ0n) is 14.7. The van der Waals surface area contributed by atoms with Crippen LogP contribution in [0.5, 0.6) is 5.88 Å². The minimum absolute atomic E-state index is 0.140. The van der Waals surface area contributed by atoms with Gasteiger partial charge in [0.25, 0.3) is 5.56 Å². The molecule has 7 nitrogen and oxygen atoms in total. The lowest BCUT2D eigenvalue weighted by Gasteiger charge is -2.10. The fourth-order valence-corrected chi connectivity index (χ4v) is 2.92. The van der Waals surface area contributed by atoms with E-state index < -0.39 is 0 Å². The van der Waals surface area contributed by atoms with Crippen molar-refractivity contribution in [1.82, 2.24) is 24.5 Å². The molecule has 0 radical (unpaired) electrons. The van der Waals surface area contributed by atoms with E-state index >= 15 is 0 Å². The summed E-state index contributed by atoms with van der Waals surface area (Å²) >= 11 is 0. The van der Waals surface area contributed by atoms with Crippen LogP contribution in [0.3, 0.4) is 0 Å². The van der Waals surface area contributed by atoms with Gasteiger partial charge in [0.1, 0.15) is 5.82 Å². The minimum Gasteiger partial charge on any atom is -0.477 e. The molecule has 0 amide bonds. The summed E-state index contributed by atoms with van der Waals surface area (Å²) in [6.45, 7) is 2.36. The Hall–Kier alpha value is -3.09. The van der Waals surface area contributed by atoms with Crippen LogP contribution in [0.4, 0.5) is 0 Å². The third-order valence-corrected chi connectivity index (χ3v) is 4.55. The molecular formula is C19H19N5O2. The third-order valence-electron chi connectivity index (χ3n) is 4.55. The van der Waals surface area contributed by atoms with Crippen molar-refractivity contribution in [1.29, 1.82) is 0 Å². The highest BCUT2D eigenvalue weighted by Crippen LogP contribution is 2.46. The molecule has 0 aliphatic heterocycles. The van der Waals surface area contributed by atoms with Gasteiger partial charge in [-0.1, -0.05) is 6.07 Å². The van der Waals surface area contributed by atoms with E-state index in [1.807, 2.05) is 25.3 Å². The molecular weight excluding hydrogens is 330 g/mol. The van der Waals surface area contributed by atoms with E-state index in [1.165, 1.54) is 17.0 Å². The molecule has 1 aliphatic carbocycles. The Labute approximate surface area is 150 Å². The zero-order valence-corrected chi connectivity index (χ0v) is 14.7. The Morgan fingerprint density at radius 1 is 1.27 bits per heavy atom. The smallest absolute Gasteiger partial charge is 0.253 e. The van der Waals surface area contributed by atoms with Gasteiger partial charge in [-0.3, -0.25) is 9.78 Å². The van der Waals surface area contributed by atoms with Crippen molar-refractivity contribution < 1.29 is 4.74 Å². The highest BCUT2D eigenvalue weighted by Gasteiger charge is 2.40. The fourth-order valence-electron chi connectivity index (χ4n) is 2.92. The Morgan fingerprint density at radius 2 is 2.15 bits per heavy atom. The average molecular weight is 349 g/mol. The van der Waals surface area contributed by atoms with Crippen LogP contribution in [-0.2, 0) is 7.05 Å². The van der Waals surface area contributed by atoms with Crippen molar-refractivity contribution in [2.24, 2.45) is 13.0 Å². The first-order valence-corrected chi connectivity index (χ1v) is 8.52. The molecule has 1 fully saturated rings. The van der Waals surface area contributed by atoms with Crippen molar-refractivity contribution in [2.45, 2.75) is 19.3 Å². The standard InChI is InChI=1S/C19H19N5O2/c1-12-21-9-15(17-8-18(25)24(2)11-22-17)19(23-12)26-10-13-7-14(13)16-5-3-4-6-20-16/h3-6,8-9,11,13-14H,7,10H2,1-2H3. The Balaban J connectivity index is 1.52. The molecule has 26 heavy (non-hydrogen) atoms. The normalized spacial score (nSPS) is 18.5. The number of aromatic nitrogens is 5. The summed E-state index contributed by atoms with van der Waals surface area (Å²) in [5.74, 6) is 1.93. The molecule has 0 N–H and O–H groups in total. The van der Waals surface area contributed by atoms with Crippen molar-refractivity contribution in [3.8, 4) is 17.1 Å². The van der Waals surface area contributed by atoms with E-state index in [9.17, 15) is 4.79 Å². The molecule has 3 aromatic heterocycles. The first kappa shape index (κ1) is 16.4. The second-order valence-electron chi connectivity index (χ2n) is 6.53. The van der Waals surface area contributed by atoms with Gasteiger partial charge in [-0.15, -0.1) is 0 Å². The van der Waals surface area contributed by atoms with Gasteiger partial charge in [0.15, 0.2) is 0 Å². The summed E-state index contributed by atoms with van der Waals surface area (Å²) in [6, 6.07) is 7.44. The molecule has 0 aromatic carbocycles. The molecule has 1 saturated carbocycles. The van der Waals surface area contributed by atoms with Gasteiger partial charge < -0.3 is 9.30 Å². The van der Waals surface area contributed by atoms with Crippen molar-refractivity contribution >= 4 is 0 Å². The van der Waals surface area contributed by atoms with Crippen LogP contribution in [0.25, 0.3) is 11.3 Å². The van der Waals surface area contributed by atoms with Crippen molar-refractivity contribution in [3.05, 3.63) is 64.9 Å². The molecule has 0 saturated heterocycles. The fraction of sp³-hybridized carbons (Fsp3) is 0.316. The van der Waals surface area contributed by atoms with Gasteiger partial charge in [0.05, 0.1) is 24.2 Å². The topological polar surface area (TPSA) is 82.8 Å². The van der Waals surface area contributed by atoms with Crippen LogP contribution in [0.2, 0.25) is 0 Å². The molecule has 3 aromatic rings. The van der Waals surface area contributed by atoms with Gasteiger partial charge in [-0.2, -0.15) is 4.98 Å². The minimum atomic E-state index is -0.140. The summed E-state index contributed by atoms with van der Waals surface area (Å²) in [6.07, 6.45) is 6.02. The largest absolute Gasteiger partial charge is 0.477 e. The van der Waals surface area contributed by atoms with E-state index in [1.54, 1.807) is 13.2 Å². The maximum atomic E-state index is 11.9. The zero-order chi connectivity index (χ0) is 18.1. The molecule has 1 aliphatic rings. The van der Waals surface area contributed by atoms with Gasteiger partial charge in [0.2, 0.25) is 5.88 Å². The van der Waals surface area contributed by atoms with Crippen LogP contribution in [0.15, 0.2) is 47.8 Å². The van der Waals surface area contributed by atoms with E-state index in [2.05, 4.69) is 26.0 Å². The molecule has 132 valence electrons. The number of pyridine rings is 1. The number of aryl methyl sites for hydroxylation is 2. The van der Waals surface area contributed by atoms with Crippen LogP contribution in [0.1, 0.15) is 23.9 Å². The van der Waals surface area contributed by atoms with E-state index in [-0.39, 0.29) is 5.56 Å². The van der Waals surface area contributed by atoms with Gasteiger partial charge in [0, 0.05) is 43.0 Å². The Kier molecular flexibility index (Phi) is 4.20. The lowest BCUT2D eigenvalue weighted by Crippen LogP contribution is -2.16. The van der Waals surface area contributed by atoms with Gasteiger partial charge >= 0.3 is 0 Å². The average Bonchev–Trinajstić information content (AvgIpc) is 3.43. The molecule has 3 heterocycles. The van der Waals surface area contributed by atoms with Crippen LogP contribution < -0.4 is 10.3 Å². The summed E-state index contributed by atoms with van der Waals surface area (Å²) in [4.78, 5) is 29.2. The summed E-state index contributed by atoms with van der Waals surface area (Å²) < 4.78 is 7.41. The Bertz CT molecular complexity index is 987. The van der Waals surface area contributed by atoms with E-state index in [0.29, 0.717) is 41.4 Å². The van der Waals surface area contributed by atoms with Crippen molar-refractivity contribution in [3.63, 3.8) is 0 Å². The van der Waals surface area contributed by atoms with Crippen molar-refractivity contribution in [2.75, 3.05) is 6.61 Å². The van der Waals surface area contributed by atoms with Gasteiger partial charge in [-0.05, 0) is 25.5 Å². The predicted octanol–water partition coefficient (Wildman–Crippen LogP) is 2.12. The Morgan fingerprint density at radius 3 is 2.92 bits per heavy atom. The highest BCUT2D eigenvalue weighted by atomic mass is 16.5. The molecule has 7 heteroatoms. The molecule has 0 bridgehead atoms. The monoisotopic (exact) mass is 349 g/mol. The number of ether oxygens (including phenoxy) is 1. The first-order valence-electron chi connectivity index (χ1n) is 8.52. The maximum Gasteiger partial charge on any atom is 0.253 e. The molecule has 0 spiro atoms. The number of hydrogen-bond donors (Lipinski definition) is 0. The van der Waals surface area contributed by atoms with E-state index in [0.717, 1.165) is 12.1 Å². The molecule has 2 unspecified atom stereocenters. The quantitative estimate of drug-likeness (QED) is 0.702. The third kappa shape index (κ3) is 3.33. The van der Waals surface area contributed by atoms with Gasteiger partial charge in [-0.25, -0.2) is 9.97 Å². The highest BCUT2D eigenvalue weighted by molar-refractivity contribution is 5.63. The lowest BCUT2D eigenvalue weighted by atomic mass is 10.2. The summed E-state index contributed by atoms with van der Waals surface area (Å²) in [5.41, 5.74) is 2.11. The SMILES string of the molecule is Cc1ncc(-c2cc(=O)n(C)cn2)c(OCC2CC2c2ccccn2)n1. The lowest BCUT2D eigenvalue weighted by molar-refractivity contribution is 0.285. The van der Waals surface area contributed by atoms with Crippen LogP contribution in [0, 0.1) is 12.8 Å². The maximum absolute atomic E-state index is 11.9. The first-order chi connectivity index (χ1) is 12.6. The van der Waals surface area contributed by atoms with Crippen LogP contribution in [-0.4, -0.2) is 31.1 Å². The van der Waals surface area contributed by atoms with Crippen LogP contribution >= 0.6 is 0 Å².